The zero-order valence-corrected chi connectivity index (χ0v) is 10.9. The summed E-state index contributed by atoms with van der Waals surface area (Å²) in [6, 6.07) is 5.33. The van der Waals surface area contributed by atoms with E-state index < -0.39 is 11.8 Å². The maximum Gasteiger partial charge on any atom is 0.514 e. The largest absolute Gasteiger partial charge is 0.514 e. The highest BCUT2D eigenvalue weighted by Gasteiger charge is 2.19. The van der Waals surface area contributed by atoms with Crippen LogP contribution in [-0.2, 0) is 4.74 Å². The molecule has 0 saturated carbocycles. The summed E-state index contributed by atoms with van der Waals surface area (Å²) < 4.78 is 15.3. The van der Waals surface area contributed by atoms with Crippen molar-refractivity contribution < 1.29 is 19.0 Å². The first-order valence-corrected chi connectivity index (χ1v) is 5.38. The summed E-state index contributed by atoms with van der Waals surface area (Å²) in [5.41, 5.74) is 0.322. The molecule has 0 amide bonds. The van der Waals surface area contributed by atoms with Crippen LogP contribution in [0.2, 0.25) is 0 Å². The van der Waals surface area contributed by atoms with Gasteiger partial charge in [-0.25, -0.2) is 4.79 Å². The van der Waals surface area contributed by atoms with Crippen LogP contribution in [-0.4, -0.2) is 18.9 Å². The maximum atomic E-state index is 11.5. The number of para-hydroxylation sites is 1. The number of ether oxygens (including phenoxy) is 3. The Morgan fingerprint density at radius 2 is 1.88 bits per heavy atom. The van der Waals surface area contributed by atoms with Crippen molar-refractivity contribution in [2.45, 2.75) is 33.3 Å². The van der Waals surface area contributed by atoms with E-state index in [4.69, 9.17) is 14.2 Å². The first-order valence-electron chi connectivity index (χ1n) is 5.38. The molecular weight excluding hydrogens is 220 g/mol. The lowest BCUT2D eigenvalue weighted by Crippen LogP contribution is -2.26. The molecule has 0 saturated heterocycles. The minimum Gasteiger partial charge on any atom is -0.493 e. The van der Waals surface area contributed by atoms with E-state index >= 15 is 0 Å². The minimum absolute atomic E-state index is 0.363. The van der Waals surface area contributed by atoms with E-state index in [1.165, 1.54) is 7.11 Å². The molecule has 1 aromatic rings. The molecule has 0 aliphatic heterocycles. The number of hydrogen-bond donors (Lipinski definition) is 0. The fourth-order valence-electron chi connectivity index (χ4n) is 1.33. The predicted octanol–water partition coefficient (Wildman–Crippen LogP) is 3.32. The van der Waals surface area contributed by atoms with E-state index in [-0.39, 0.29) is 0 Å². The molecule has 0 atom stereocenters. The Hall–Kier alpha value is -1.71. The van der Waals surface area contributed by atoms with Gasteiger partial charge in [0, 0.05) is 0 Å². The van der Waals surface area contributed by atoms with Crippen molar-refractivity contribution in [3.05, 3.63) is 23.8 Å². The van der Waals surface area contributed by atoms with Crippen molar-refractivity contribution in [3.8, 4) is 11.5 Å². The van der Waals surface area contributed by atoms with Gasteiger partial charge in [0.2, 0.25) is 0 Å². The van der Waals surface area contributed by atoms with Crippen LogP contribution in [0.1, 0.15) is 26.3 Å². The minimum atomic E-state index is -0.735. The number of aryl methyl sites for hydroxylation is 1. The number of carbonyl (C=O) groups is 1. The number of rotatable bonds is 2. The van der Waals surface area contributed by atoms with E-state index in [2.05, 4.69) is 0 Å². The van der Waals surface area contributed by atoms with Crippen LogP contribution >= 0.6 is 0 Å². The van der Waals surface area contributed by atoms with E-state index in [9.17, 15) is 4.79 Å². The lowest BCUT2D eigenvalue weighted by atomic mass is 10.2. The third-order valence-corrected chi connectivity index (χ3v) is 1.96. The van der Waals surface area contributed by atoms with E-state index in [1.807, 2.05) is 13.0 Å². The van der Waals surface area contributed by atoms with Crippen LogP contribution in [0.15, 0.2) is 18.2 Å². The smallest absolute Gasteiger partial charge is 0.493 e. The van der Waals surface area contributed by atoms with Crippen molar-refractivity contribution in [1.82, 2.24) is 0 Å². The van der Waals surface area contributed by atoms with Crippen LogP contribution in [0.4, 0.5) is 4.79 Å². The lowest BCUT2D eigenvalue weighted by molar-refractivity contribution is 0.0201. The van der Waals surface area contributed by atoms with Gasteiger partial charge in [-0.1, -0.05) is 12.1 Å². The monoisotopic (exact) mass is 238 g/mol. The topological polar surface area (TPSA) is 44.8 Å². The van der Waals surface area contributed by atoms with Gasteiger partial charge >= 0.3 is 6.16 Å². The highest BCUT2D eigenvalue weighted by atomic mass is 16.7. The Labute approximate surface area is 101 Å². The third-order valence-electron chi connectivity index (χ3n) is 1.96. The molecule has 0 aliphatic carbocycles. The van der Waals surface area contributed by atoms with Gasteiger partial charge in [0.05, 0.1) is 7.11 Å². The number of methoxy groups -OCH3 is 1. The third kappa shape index (κ3) is 3.98. The van der Waals surface area contributed by atoms with E-state index in [0.717, 1.165) is 5.56 Å². The van der Waals surface area contributed by atoms with Gasteiger partial charge in [-0.2, -0.15) is 0 Å². The van der Waals surface area contributed by atoms with Crippen LogP contribution in [0.25, 0.3) is 0 Å². The summed E-state index contributed by atoms with van der Waals surface area (Å²) in [4.78, 5) is 11.5. The zero-order chi connectivity index (χ0) is 13.1. The number of benzene rings is 1. The number of hydrogen-bond acceptors (Lipinski definition) is 4. The molecule has 0 aliphatic rings. The molecule has 0 bridgehead atoms. The van der Waals surface area contributed by atoms with Crippen LogP contribution in [0, 0.1) is 6.92 Å². The molecule has 0 heterocycles. The maximum absolute atomic E-state index is 11.5. The molecule has 0 unspecified atom stereocenters. The van der Waals surface area contributed by atoms with Crippen LogP contribution < -0.4 is 9.47 Å². The average Bonchev–Trinajstić information content (AvgIpc) is 2.14. The van der Waals surface area contributed by atoms with Gasteiger partial charge in [0.15, 0.2) is 11.5 Å². The molecule has 0 radical (unpaired) electrons. The predicted molar refractivity (Wildman–Crippen MR) is 64.6 cm³/mol. The van der Waals surface area contributed by atoms with Gasteiger partial charge < -0.3 is 14.2 Å². The molecule has 0 fully saturated rings. The van der Waals surface area contributed by atoms with Crippen molar-refractivity contribution >= 4 is 6.16 Å². The summed E-state index contributed by atoms with van der Waals surface area (Å²) in [6.07, 6.45) is -0.735. The van der Waals surface area contributed by atoms with Gasteiger partial charge in [0.25, 0.3) is 0 Å². The molecule has 0 aromatic heterocycles. The number of carbonyl (C=O) groups excluding carboxylic acids is 1. The second-order valence-corrected chi connectivity index (χ2v) is 4.67. The summed E-state index contributed by atoms with van der Waals surface area (Å²) in [5.74, 6) is 0.903. The average molecular weight is 238 g/mol. The Morgan fingerprint density at radius 3 is 2.41 bits per heavy atom. The SMILES string of the molecule is COc1c(C)cccc1OC(=O)OC(C)(C)C. The Morgan fingerprint density at radius 1 is 1.24 bits per heavy atom. The van der Waals surface area contributed by atoms with E-state index in [1.54, 1.807) is 32.9 Å². The van der Waals surface area contributed by atoms with Gasteiger partial charge in [-0.15, -0.1) is 0 Å². The standard InChI is InChI=1S/C13H18O4/c1-9-7-6-8-10(11(9)15-5)16-12(14)17-13(2,3)4/h6-8H,1-5H3. The molecule has 17 heavy (non-hydrogen) atoms. The molecule has 0 spiro atoms. The summed E-state index contributed by atoms with van der Waals surface area (Å²) in [7, 11) is 1.53. The highest BCUT2D eigenvalue weighted by Crippen LogP contribution is 2.30. The summed E-state index contributed by atoms with van der Waals surface area (Å²) >= 11 is 0. The first-order chi connectivity index (χ1) is 7.83. The second-order valence-electron chi connectivity index (χ2n) is 4.67. The normalized spacial score (nSPS) is 10.9. The molecular formula is C13H18O4. The quantitative estimate of drug-likeness (QED) is 0.585. The lowest BCUT2D eigenvalue weighted by Gasteiger charge is -2.19. The first kappa shape index (κ1) is 13.4. The Balaban J connectivity index is 2.82. The van der Waals surface area contributed by atoms with E-state index in [0.29, 0.717) is 11.5 Å². The molecule has 1 rings (SSSR count). The summed E-state index contributed by atoms with van der Waals surface area (Å²) in [5, 5.41) is 0. The Bertz CT molecular complexity index is 404. The zero-order valence-electron chi connectivity index (χ0n) is 10.9. The van der Waals surface area contributed by atoms with Crippen LogP contribution in [0.3, 0.4) is 0 Å². The summed E-state index contributed by atoms with van der Waals surface area (Å²) in [6.45, 7) is 7.21. The van der Waals surface area contributed by atoms with Crippen molar-refractivity contribution in [2.24, 2.45) is 0 Å². The molecule has 1 aromatic carbocycles. The molecule has 94 valence electrons. The van der Waals surface area contributed by atoms with Gasteiger partial charge in [-0.05, 0) is 39.3 Å². The van der Waals surface area contributed by atoms with Crippen molar-refractivity contribution in [1.29, 1.82) is 0 Å². The van der Waals surface area contributed by atoms with Gasteiger partial charge in [0.1, 0.15) is 5.60 Å². The molecule has 4 nitrogen and oxygen atoms in total. The Kier molecular flexibility index (Phi) is 3.99. The van der Waals surface area contributed by atoms with Gasteiger partial charge in [-0.3, -0.25) is 0 Å². The van der Waals surface area contributed by atoms with Crippen molar-refractivity contribution in [2.75, 3.05) is 7.11 Å². The second kappa shape index (κ2) is 5.08. The fraction of sp³-hybridized carbons (Fsp3) is 0.462. The van der Waals surface area contributed by atoms with Crippen molar-refractivity contribution in [3.63, 3.8) is 0 Å². The molecule has 4 heteroatoms. The highest BCUT2D eigenvalue weighted by molar-refractivity contribution is 5.66. The molecule has 0 N–H and O–H groups in total. The fourth-order valence-corrected chi connectivity index (χ4v) is 1.33. The van der Waals surface area contributed by atoms with Crippen LogP contribution in [0.5, 0.6) is 11.5 Å².